The zero-order valence-electron chi connectivity index (χ0n) is 13.3. The lowest BCUT2D eigenvalue weighted by atomic mass is 9.99. The number of primary amides is 2. The standard InChI is InChI=1S/C19H16N4O2/c20-17-16(12-3-7-14(8-4-12)19(22)25)9-15(10-23-17)11-1-5-13(6-2-11)18(21)24/h1-10H,(H2,20,23)(H2,21,24)(H2,22,25). The highest BCUT2D eigenvalue weighted by atomic mass is 16.1. The van der Waals surface area contributed by atoms with Crippen molar-refractivity contribution < 1.29 is 9.59 Å². The molecule has 0 bridgehead atoms. The lowest BCUT2D eigenvalue weighted by Crippen LogP contribution is -2.10. The van der Waals surface area contributed by atoms with Crippen molar-refractivity contribution in [1.29, 1.82) is 0 Å². The van der Waals surface area contributed by atoms with E-state index in [1.54, 1.807) is 54.7 Å². The van der Waals surface area contributed by atoms with E-state index in [-0.39, 0.29) is 0 Å². The molecule has 2 amide bonds. The summed E-state index contributed by atoms with van der Waals surface area (Å²) in [7, 11) is 0. The lowest BCUT2D eigenvalue weighted by molar-refractivity contribution is 0.0992. The minimum Gasteiger partial charge on any atom is -0.383 e. The molecular weight excluding hydrogens is 316 g/mol. The third kappa shape index (κ3) is 3.32. The average Bonchev–Trinajstić information content (AvgIpc) is 2.62. The smallest absolute Gasteiger partial charge is 0.248 e. The first-order chi connectivity index (χ1) is 12.0. The molecule has 3 rings (SSSR count). The summed E-state index contributed by atoms with van der Waals surface area (Å²) in [6.07, 6.45) is 1.66. The van der Waals surface area contributed by atoms with Crippen molar-refractivity contribution in [3.63, 3.8) is 0 Å². The van der Waals surface area contributed by atoms with Crippen LogP contribution >= 0.6 is 0 Å². The second kappa shape index (κ2) is 6.45. The number of nitrogens with zero attached hydrogens (tertiary/aromatic N) is 1. The normalized spacial score (nSPS) is 10.4. The van der Waals surface area contributed by atoms with E-state index < -0.39 is 11.8 Å². The van der Waals surface area contributed by atoms with Crippen molar-refractivity contribution in [2.24, 2.45) is 11.5 Å². The summed E-state index contributed by atoms with van der Waals surface area (Å²) < 4.78 is 0. The van der Waals surface area contributed by atoms with Gasteiger partial charge < -0.3 is 17.2 Å². The predicted octanol–water partition coefficient (Wildman–Crippen LogP) is 2.20. The number of rotatable bonds is 4. The molecule has 1 aromatic heterocycles. The fourth-order valence-electron chi connectivity index (χ4n) is 2.51. The van der Waals surface area contributed by atoms with Gasteiger partial charge in [0.15, 0.2) is 0 Å². The van der Waals surface area contributed by atoms with Crippen LogP contribution in [0, 0.1) is 0 Å². The fourth-order valence-corrected chi connectivity index (χ4v) is 2.51. The van der Waals surface area contributed by atoms with E-state index in [0.29, 0.717) is 16.9 Å². The van der Waals surface area contributed by atoms with Gasteiger partial charge >= 0.3 is 0 Å². The number of benzene rings is 2. The predicted molar refractivity (Wildman–Crippen MR) is 96.6 cm³/mol. The highest BCUT2D eigenvalue weighted by Gasteiger charge is 2.09. The number of hydrogen-bond acceptors (Lipinski definition) is 4. The zero-order chi connectivity index (χ0) is 18.0. The van der Waals surface area contributed by atoms with Gasteiger partial charge in [0.25, 0.3) is 0 Å². The summed E-state index contributed by atoms with van der Waals surface area (Å²) in [5.41, 5.74) is 20.7. The number of nitrogens with two attached hydrogens (primary N) is 3. The first kappa shape index (κ1) is 16.2. The van der Waals surface area contributed by atoms with E-state index in [1.807, 2.05) is 6.07 Å². The summed E-state index contributed by atoms with van der Waals surface area (Å²) >= 11 is 0. The molecule has 0 aliphatic heterocycles. The van der Waals surface area contributed by atoms with Crippen LogP contribution in [-0.4, -0.2) is 16.8 Å². The first-order valence-electron chi connectivity index (χ1n) is 7.51. The Labute approximate surface area is 144 Å². The van der Waals surface area contributed by atoms with Gasteiger partial charge in [-0.1, -0.05) is 24.3 Å². The Morgan fingerprint density at radius 3 is 1.68 bits per heavy atom. The molecule has 3 aromatic rings. The number of aromatic nitrogens is 1. The van der Waals surface area contributed by atoms with Crippen LogP contribution in [0.1, 0.15) is 20.7 Å². The topological polar surface area (TPSA) is 125 Å². The van der Waals surface area contributed by atoms with Crippen LogP contribution in [0.15, 0.2) is 60.8 Å². The summed E-state index contributed by atoms with van der Waals surface area (Å²) in [5.74, 6) is -0.581. The Morgan fingerprint density at radius 2 is 1.20 bits per heavy atom. The maximum absolute atomic E-state index is 11.2. The minimum atomic E-state index is -0.485. The zero-order valence-corrected chi connectivity index (χ0v) is 13.3. The van der Waals surface area contributed by atoms with Gasteiger partial charge in [0.2, 0.25) is 11.8 Å². The number of carbonyl (C=O) groups is 2. The summed E-state index contributed by atoms with van der Waals surface area (Å²) in [6, 6.07) is 15.7. The molecule has 0 saturated heterocycles. The Hall–Kier alpha value is -3.67. The Morgan fingerprint density at radius 1 is 0.720 bits per heavy atom. The molecule has 0 aliphatic rings. The molecule has 6 nitrogen and oxygen atoms in total. The van der Waals surface area contributed by atoms with Gasteiger partial charge in [0.1, 0.15) is 5.82 Å². The van der Waals surface area contributed by atoms with Crippen molar-refractivity contribution in [2.45, 2.75) is 0 Å². The number of carbonyl (C=O) groups excluding carboxylic acids is 2. The number of hydrogen-bond donors (Lipinski definition) is 3. The number of pyridine rings is 1. The molecule has 0 aliphatic carbocycles. The van der Waals surface area contributed by atoms with Crippen LogP contribution < -0.4 is 17.2 Å². The van der Waals surface area contributed by atoms with Gasteiger partial charge in [-0.2, -0.15) is 0 Å². The van der Waals surface area contributed by atoms with Gasteiger partial charge in [-0.05, 0) is 41.5 Å². The van der Waals surface area contributed by atoms with Gasteiger partial charge in [0, 0.05) is 28.5 Å². The van der Waals surface area contributed by atoms with E-state index in [1.165, 1.54) is 0 Å². The number of nitrogen functional groups attached to an aromatic ring is 1. The lowest BCUT2D eigenvalue weighted by Gasteiger charge is -2.09. The molecule has 1 heterocycles. The van der Waals surface area contributed by atoms with Crippen molar-refractivity contribution in [1.82, 2.24) is 4.98 Å². The molecule has 0 spiro atoms. The molecule has 25 heavy (non-hydrogen) atoms. The minimum absolute atomic E-state index is 0.379. The molecule has 0 radical (unpaired) electrons. The second-order valence-corrected chi connectivity index (χ2v) is 5.54. The molecule has 124 valence electrons. The van der Waals surface area contributed by atoms with Gasteiger partial charge in [-0.15, -0.1) is 0 Å². The average molecular weight is 332 g/mol. The maximum Gasteiger partial charge on any atom is 0.248 e. The van der Waals surface area contributed by atoms with E-state index >= 15 is 0 Å². The molecule has 0 unspecified atom stereocenters. The van der Waals surface area contributed by atoms with Crippen molar-refractivity contribution in [3.05, 3.63) is 71.9 Å². The Balaban J connectivity index is 2.00. The molecule has 0 fully saturated rings. The third-order valence-electron chi connectivity index (χ3n) is 3.90. The van der Waals surface area contributed by atoms with Crippen LogP contribution in [0.2, 0.25) is 0 Å². The quantitative estimate of drug-likeness (QED) is 0.677. The molecular formula is C19H16N4O2. The van der Waals surface area contributed by atoms with Crippen molar-refractivity contribution in [2.75, 3.05) is 5.73 Å². The highest BCUT2D eigenvalue weighted by molar-refractivity contribution is 5.94. The SMILES string of the molecule is NC(=O)c1ccc(-c2cnc(N)c(-c3ccc(C(N)=O)cc3)c2)cc1. The molecule has 6 heteroatoms. The first-order valence-corrected chi connectivity index (χ1v) is 7.51. The van der Waals surface area contributed by atoms with Crippen molar-refractivity contribution >= 4 is 17.6 Å². The van der Waals surface area contributed by atoms with Crippen LogP contribution in [0.3, 0.4) is 0 Å². The fraction of sp³-hybridized carbons (Fsp3) is 0. The van der Waals surface area contributed by atoms with Crippen LogP contribution in [0.5, 0.6) is 0 Å². The summed E-state index contributed by atoms with van der Waals surface area (Å²) in [6.45, 7) is 0. The van der Waals surface area contributed by atoms with Gasteiger partial charge in [0.05, 0.1) is 0 Å². The Bertz CT molecular complexity index is 948. The number of anilines is 1. The Kier molecular flexibility index (Phi) is 4.18. The van der Waals surface area contributed by atoms with E-state index in [0.717, 1.165) is 22.3 Å². The largest absolute Gasteiger partial charge is 0.383 e. The van der Waals surface area contributed by atoms with Crippen LogP contribution in [-0.2, 0) is 0 Å². The van der Waals surface area contributed by atoms with Crippen LogP contribution in [0.4, 0.5) is 5.82 Å². The molecule has 0 atom stereocenters. The highest BCUT2D eigenvalue weighted by Crippen LogP contribution is 2.29. The van der Waals surface area contributed by atoms with Gasteiger partial charge in [-0.3, -0.25) is 9.59 Å². The molecule has 6 N–H and O–H groups in total. The third-order valence-corrected chi connectivity index (χ3v) is 3.90. The van der Waals surface area contributed by atoms with E-state index in [4.69, 9.17) is 17.2 Å². The second-order valence-electron chi connectivity index (χ2n) is 5.54. The molecule has 0 saturated carbocycles. The van der Waals surface area contributed by atoms with Gasteiger partial charge in [-0.25, -0.2) is 4.98 Å². The number of amides is 2. The van der Waals surface area contributed by atoms with Crippen LogP contribution in [0.25, 0.3) is 22.3 Å². The summed E-state index contributed by atoms with van der Waals surface area (Å²) in [5, 5.41) is 0. The maximum atomic E-state index is 11.2. The monoisotopic (exact) mass is 332 g/mol. The van der Waals surface area contributed by atoms with E-state index in [9.17, 15) is 9.59 Å². The van der Waals surface area contributed by atoms with E-state index in [2.05, 4.69) is 4.98 Å². The molecule has 2 aromatic carbocycles. The summed E-state index contributed by atoms with van der Waals surface area (Å²) in [4.78, 5) is 26.6. The van der Waals surface area contributed by atoms with Crippen molar-refractivity contribution in [3.8, 4) is 22.3 Å².